The van der Waals surface area contributed by atoms with E-state index in [0.29, 0.717) is 34.9 Å². The number of amides is 1. The molecule has 1 aliphatic heterocycles. The van der Waals surface area contributed by atoms with Crippen molar-refractivity contribution in [1.29, 1.82) is 0 Å². The Labute approximate surface area is 211 Å². The summed E-state index contributed by atoms with van der Waals surface area (Å²) in [5.41, 5.74) is 9.33. The molecule has 0 bridgehead atoms. The van der Waals surface area contributed by atoms with Crippen molar-refractivity contribution in [3.05, 3.63) is 42.2 Å². The van der Waals surface area contributed by atoms with E-state index in [-0.39, 0.29) is 30.7 Å². The van der Waals surface area contributed by atoms with Gasteiger partial charge in [-0.1, -0.05) is 0 Å². The average molecular weight is 512 g/mol. The van der Waals surface area contributed by atoms with Crippen LogP contribution >= 0.6 is 24.8 Å². The summed E-state index contributed by atoms with van der Waals surface area (Å²) in [6.45, 7) is 5.01. The highest BCUT2D eigenvalue weighted by Crippen LogP contribution is 2.32. The maximum Gasteiger partial charge on any atom is 0.252 e. The molecular weight excluding hydrogens is 481 g/mol. The predicted octanol–water partition coefficient (Wildman–Crippen LogP) is 2.90. The van der Waals surface area contributed by atoms with Crippen molar-refractivity contribution < 1.29 is 19.0 Å². The van der Waals surface area contributed by atoms with Crippen LogP contribution in [0.1, 0.15) is 16.8 Å². The van der Waals surface area contributed by atoms with Crippen molar-refractivity contribution in [3.63, 3.8) is 0 Å². The fourth-order valence-electron chi connectivity index (χ4n) is 3.82. The van der Waals surface area contributed by atoms with Gasteiger partial charge < -0.3 is 29.7 Å². The molecule has 11 heteroatoms. The van der Waals surface area contributed by atoms with E-state index in [1.807, 2.05) is 24.4 Å². The number of nitrogens with two attached hydrogens (primary N) is 1. The third-order valence-electron chi connectivity index (χ3n) is 5.56. The van der Waals surface area contributed by atoms with Crippen LogP contribution < -0.4 is 20.5 Å². The van der Waals surface area contributed by atoms with Crippen molar-refractivity contribution in [2.24, 2.45) is 0 Å². The zero-order valence-electron chi connectivity index (χ0n) is 19.3. The van der Waals surface area contributed by atoms with Crippen LogP contribution in [0, 0.1) is 0 Å². The molecule has 3 N–H and O–H groups in total. The molecule has 4 rings (SSSR count). The maximum atomic E-state index is 12.7. The molecule has 3 aromatic rings. The number of pyridine rings is 1. The SMILES string of the molecule is COc1ccc(-c2cn3cc(C(=O)NCCCN4CCOCC4)cc(N)c3n2)cc1OC.Cl.Cl. The Morgan fingerprint density at radius 1 is 1.12 bits per heavy atom. The van der Waals surface area contributed by atoms with E-state index in [1.54, 1.807) is 30.9 Å². The van der Waals surface area contributed by atoms with E-state index in [2.05, 4.69) is 15.2 Å². The molecule has 0 radical (unpaired) electrons. The topological polar surface area (TPSA) is 103 Å². The number of hydrogen-bond acceptors (Lipinski definition) is 7. The van der Waals surface area contributed by atoms with Crippen LogP contribution in [0.3, 0.4) is 0 Å². The number of morpholine rings is 1. The summed E-state index contributed by atoms with van der Waals surface area (Å²) in [6, 6.07) is 7.26. The van der Waals surface area contributed by atoms with Crippen molar-refractivity contribution >= 4 is 42.1 Å². The molecule has 1 fully saturated rings. The first-order valence-electron chi connectivity index (χ1n) is 10.7. The zero-order chi connectivity index (χ0) is 22.5. The van der Waals surface area contributed by atoms with Gasteiger partial charge >= 0.3 is 0 Å². The first-order valence-corrected chi connectivity index (χ1v) is 10.7. The number of carbonyl (C=O) groups excluding carboxylic acids is 1. The third kappa shape index (κ3) is 6.24. The Bertz CT molecular complexity index is 1100. The second-order valence-corrected chi connectivity index (χ2v) is 7.67. The number of ether oxygens (including phenoxy) is 3. The summed E-state index contributed by atoms with van der Waals surface area (Å²) in [5, 5.41) is 2.98. The molecule has 1 saturated heterocycles. The van der Waals surface area contributed by atoms with Crippen molar-refractivity contribution in [3.8, 4) is 22.8 Å². The maximum absolute atomic E-state index is 12.7. The number of carbonyl (C=O) groups is 1. The van der Waals surface area contributed by atoms with E-state index >= 15 is 0 Å². The Morgan fingerprint density at radius 3 is 2.56 bits per heavy atom. The Morgan fingerprint density at radius 2 is 1.85 bits per heavy atom. The second kappa shape index (κ2) is 12.7. The van der Waals surface area contributed by atoms with Gasteiger partial charge in [0, 0.05) is 37.6 Å². The number of imidazole rings is 1. The molecule has 1 aliphatic rings. The molecule has 186 valence electrons. The number of rotatable bonds is 8. The minimum absolute atomic E-state index is 0. The minimum atomic E-state index is -0.151. The lowest BCUT2D eigenvalue weighted by molar-refractivity contribution is 0.0374. The van der Waals surface area contributed by atoms with Gasteiger partial charge in [-0.25, -0.2) is 4.98 Å². The number of aromatic nitrogens is 2. The second-order valence-electron chi connectivity index (χ2n) is 7.67. The molecule has 0 spiro atoms. The van der Waals surface area contributed by atoms with Gasteiger partial charge in [0.1, 0.15) is 0 Å². The Balaban J connectivity index is 0.00000204. The first kappa shape index (κ1) is 27.5. The normalized spacial score (nSPS) is 13.6. The lowest BCUT2D eigenvalue weighted by Crippen LogP contribution is -2.38. The molecule has 1 amide bonds. The van der Waals surface area contributed by atoms with E-state index in [4.69, 9.17) is 19.9 Å². The van der Waals surface area contributed by atoms with Crippen LogP contribution in [0.4, 0.5) is 5.69 Å². The number of nitrogens with zero attached hydrogens (tertiary/aromatic N) is 3. The number of halogens is 2. The monoisotopic (exact) mass is 511 g/mol. The van der Waals surface area contributed by atoms with E-state index in [9.17, 15) is 4.79 Å². The van der Waals surface area contributed by atoms with Gasteiger partial charge in [0.2, 0.25) is 0 Å². The molecule has 0 aliphatic carbocycles. The van der Waals surface area contributed by atoms with Crippen LogP contribution in [0.25, 0.3) is 16.9 Å². The molecule has 34 heavy (non-hydrogen) atoms. The largest absolute Gasteiger partial charge is 0.493 e. The smallest absolute Gasteiger partial charge is 0.252 e. The fraction of sp³-hybridized carbons (Fsp3) is 0.391. The fourth-order valence-corrected chi connectivity index (χ4v) is 3.82. The van der Waals surface area contributed by atoms with Gasteiger partial charge in [-0.3, -0.25) is 9.69 Å². The summed E-state index contributed by atoms with van der Waals surface area (Å²) in [4.78, 5) is 19.6. The minimum Gasteiger partial charge on any atom is -0.493 e. The molecule has 9 nitrogen and oxygen atoms in total. The van der Waals surface area contributed by atoms with Gasteiger partial charge in [-0.2, -0.15) is 0 Å². The van der Waals surface area contributed by atoms with Gasteiger partial charge in [0.15, 0.2) is 17.1 Å². The van der Waals surface area contributed by atoms with Gasteiger partial charge in [-0.05, 0) is 37.2 Å². The molecular formula is C23H31Cl2N5O4. The van der Waals surface area contributed by atoms with Gasteiger partial charge in [-0.15, -0.1) is 24.8 Å². The Hall–Kier alpha value is -2.72. The van der Waals surface area contributed by atoms with Gasteiger partial charge in [0.25, 0.3) is 5.91 Å². The summed E-state index contributed by atoms with van der Waals surface area (Å²) < 4.78 is 17.8. The average Bonchev–Trinajstić information content (AvgIpc) is 3.27. The number of hydrogen-bond donors (Lipinski definition) is 2. The van der Waals surface area contributed by atoms with E-state index in [1.165, 1.54) is 0 Å². The number of anilines is 1. The number of fused-ring (bicyclic) bond motifs is 1. The molecule has 0 unspecified atom stereocenters. The van der Waals surface area contributed by atoms with Gasteiger partial charge in [0.05, 0.1) is 44.4 Å². The molecule has 2 aromatic heterocycles. The third-order valence-corrected chi connectivity index (χ3v) is 5.56. The number of benzene rings is 1. The highest BCUT2D eigenvalue weighted by Gasteiger charge is 2.14. The van der Waals surface area contributed by atoms with Crippen LogP contribution in [0.5, 0.6) is 11.5 Å². The number of methoxy groups -OCH3 is 2. The summed E-state index contributed by atoms with van der Waals surface area (Å²) >= 11 is 0. The van der Waals surface area contributed by atoms with Crippen LogP contribution in [0.15, 0.2) is 36.7 Å². The summed E-state index contributed by atoms with van der Waals surface area (Å²) in [7, 11) is 3.19. The van der Waals surface area contributed by atoms with Crippen molar-refractivity contribution in [1.82, 2.24) is 19.6 Å². The lowest BCUT2D eigenvalue weighted by Gasteiger charge is -2.26. The molecule has 3 heterocycles. The predicted molar refractivity (Wildman–Crippen MR) is 137 cm³/mol. The van der Waals surface area contributed by atoms with Crippen molar-refractivity contribution in [2.45, 2.75) is 6.42 Å². The lowest BCUT2D eigenvalue weighted by atomic mass is 10.1. The standard InChI is InChI=1S/C23H29N5O4.2ClH/c1-30-20-5-4-16(13-21(20)31-2)19-15-28-14-17(12-18(24)22(28)26-19)23(29)25-6-3-7-27-8-10-32-11-9-27;;/h4-5,12-15H,3,6-11,24H2,1-2H3,(H,25,29);2*1H. The van der Waals surface area contributed by atoms with Crippen LogP contribution in [0.2, 0.25) is 0 Å². The van der Waals surface area contributed by atoms with E-state index in [0.717, 1.165) is 50.5 Å². The Kier molecular flexibility index (Phi) is 10.2. The summed E-state index contributed by atoms with van der Waals surface area (Å²) in [5.74, 6) is 1.11. The van der Waals surface area contributed by atoms with Crippen LogP contribution in [-0.4, -0.2) is 73.8 Å². The quantitative estimate of drug-likeness (QED) is 0.448. The number of nitrogen functional groups attached to an aromatic ring is 1. The number of nitrogens with one attached hydrogen (secondary N) is 1. The zero-order valence-corrected chi connectivity index (χ0v) is 20.9. The molecule has 1 aromatic carbocycles. The summed E-state index contributed by atoms with van der Waals surface area (Å²) in [6.07, 6.45) is 4.49. The first-order chi connectivity index (χ1) is 15.6. The van der Waals surface area contributed by atoms with E-state index < -0.39 is 0 Å². The van der Waals surface area contributed by atoms with Crippen molar-refractivity contribution in [2.75, 3.05) is 59.3 Å². The molecule has 0 saturated carbocycles. The highest BCUT2D eigenvalue weighted by atomic mass is 35.5. The molecule has 0 atom stereocenters. The highest BCUT2D eigenvalue weighted by molar-refractivity contribution is 5.95. The van der Waals surface area contributed by atoms with Crippen LogP contribution in [-0.2, 0) is 4.74 Å².